The highest BCUT2D eigenvalue weighted by Gasteiger charge is 2.33. The van der Waals surface area contributed by atoms with E-state index >= 15 is 0 Å². The molecule has 1 amide bonds. The lowest BCUT2D eigenvalue weighted by Gasteiger charge is -2.18. The molecule has 138 valence electrons. The molecule has 0 radical (unpaired) electrons. The van der Waals surface area contributed by atoms with Gasteiger partial charge in [-0.15, -0.1) is 11.3 Å². The fourth-order valence-corrected chi connectivity index (χ4v) is 5.02. The van der Waals surface area contributed by atoms with Gasteiger partial charge >= 0.3 is 0 Å². The molecule has 3 aromatic heterocycles. The van der Waals surface area contributed by atoms with Crippen molar-refractivity contribution in [2.45, 2.75) is 38.0 Å². The van der Waals surface area contributed by atoms with Gasteiger partial charge in [-0.25, -0.2) is 9.97 Å². The summed E-state index contributed by atoms with van der Waals surface area (Å²) in [6, 6.07) is 1.74. The van der Waals surface area contributed by atoms with Crippen LogP contribution in [0.1, 0.15) is 51.9 Å². The Labute approximate surface area is 160 Å². The molecule has 1 atom stereocenters. The van der Waals surface area contributed by atoms with Crippen molar-refractivity contribution in [2.24, 2.45) is 0 Å². The van der Waals surface area contributed by atoms with Gasteiger partial charge in [0.1, 0.15) is 0 Å². The molecule has 0 saturated carbocycles. The molecule has 5 rings (SSSR count). The van der Waals surface area contributed by atoms with Crippen LogP contribution in [0.3, 0.4) is 0 Å². The molecule has 0 bridgehead atoms. The summed E-state index contributed by atoms with van der Waals surface area (Å²) in [5.74, 6) is 1.60. The third kappa shape index (κ3) is 3.03. The van der Waals surface area contributed by atoms with Gasteiger partial charge in [0.15, 0.2) is 0 Å². The van der Waals surface area contributed by atoms with Crippen molar-refractivity contribution in [2.75, 3.05) is 13.1 Å². The number of thiophene rings is 1. The van der Waals surface area contributed by atoms with Crippen molar-refractivity contribution in [3.05, 3.63) is 45.7 Å². The van der Waals surface area contributed by atoms with E-state index in [4.69, 9.17) is 4.52 Å². The smallest absolute Gasteiger partial charge is 0.255 e. The Kier molecular flexibility index (Phi) is 4.20. The minimum Gasteiger partial charge on any atom is -0.338 e. The summed E-state index contributed by atoms with van der Waals surface area (Å²) in [6.07, 6.45) is 8.68. The van der Waals surface area contributed by atoms with Crippen LogP contribution in [0.5, 0.6) is 0 Å². The first-order valence-corrected chi connectivity index (χ1v) is 10.2. The van der Waals surface area contributed by atoms with E-state index in [0.29, 0.717) is 30.6 Å². The average molecular weight is 381 g/mol. The van der Waals surface area contributed by atoms with E-state index in [2.05, 4.69) is 20.1 Å². The number of carbonyl (C=O) groups is 1. The van der Waals surface area contributed by atoms with Crippen LogP contribution < -0.4 is 0 Å². The number of amides is 1. The molecule has 2 aliphatic rings. The zero-order valence-corrected chi connectivity index (χ0v) is 15.6. The van der Waals surface area contributed by atoms with Crippen molar-refractivity contribution in [1.82, 2.24) is 25.0 Å². The van der Waals surface area contributed by atoms with Gasteiger partial charge in [-0.1, -0.05) is 5.16 Å². The summed E-state index contributed by atoms with van der Waals surface area (Å²) in [6.45, 7) is 1.33. The first kappa shape index (κ1) is 16.6. The Morgan fingerprint density at radius 1 is 1.19 bits per heavy atom. The fraction of sp³-hybridized carbons (Fsp3) is 0.421. The molecule has 1 fully saturated rings. The number of likely N-dealkylation sites (tertiary alicyclic amines) is 1. The van der Waals surface area contributed by atoms with Crippen molar-refractivity contribution >= 4 is 17.2 Å². The van der Waals surface area contributed by atoms with Crippen LogP contribution in [0.25, 0.3) is 11.6 Å². The lowest BCUT2D eigenvalue weighted by molar-refractivity contribution is 0.0789. The quantitative estimate of drug-likeness (QED) is 0.693. The third-order valence-corrected chi connectivity index (χ3v) is 6.41. The summed E-state index contributed by atoms with van der Waals surface area (Å²) in [7, 11) is 0. The first-order chi connectivity index (χ1) is 13.3. The Bertz CT molecular complexity index is 968. The molecule has 0 aromatic carbocycles. The van der Waals surface area contributed by atoms with Gasteiger partial charge in [-0.2, -0.15) is 4.98 Å². The van der Waals surface area contributed by atoms with Crippen LogP contribution in [0.4, 0.5) is 0 Å². The summed E-state index contributed by atoms with van der Waals surface area (Å²) in [5, 5.41) is 6.04. The minimum atomic E-state index is 0.0633. The highest BCUT2D eigenvalue weighted by molar-refractivity contribution is 7.10. The van der Waals surface area contributed by atoms with Gasteiger partial charge < -0.3 is 9.42 Å². The number of rotatable bonds is 3. The zero-order valence-electron chi connectivity index (χ0n) is 14.8. The van der Waals surface area contributed by atoms with Crippen LogP contribution in [0.15, 0.2) is 28.4 Å². The van der Waals surface area contributed by atoms with E-state index in [1.165, 1.54) is 23.3 Å². The van der Waals surface area contributed by atoms with Crippen molar-refractivity contribution in [3.63, 3.8) is 0 Å². The molecule has 1 unspecified atom stereocenters. The zero-order chi connectivity index (χ0) is 18.2. The molecule has 3 aromatic rings. The van der Waals surface area contributed by atoms with Gasteiger partial charge in [0.25, 0.3) is 5.91 Å². The molecule has 1 aliphatic carbocycles. The molecule has 0 N–H and O–H groups in total. The van der Waals surface area contributed by atoms with E-state index in [1.807, 2.05) is 10.3 Å². The second-order valence-corrected chi connectivity index (χ2v) is 7.99. The summed E-state index contributed by atoms with van der Waals surface area (Å²) >= 11 is 1.73. The molecule has 4 heterocycles. The highest BCUT2D eigenvalue weighted by atomic mass is 32.1. The largest absolute Gasteiger partial charge is 0.338 e. The number of fused-ring (bicyclic) bond motifs is 1. The maximum atomic E-state index is 13.0. The van der Waals surface area contributed by atoms with Crippen molar-refractivity contribution in [1.29, 1.82) is 0 Å². The Morgan fingerprint density at radius 3 is 2.93 bits per heavy atom. The van der Waals surface area contributed by atoms with E-state index in [1.54, 1.807) is 29.8 Å². The van der Waals surface area contributed by atoms with Crippen LogP contribution in [0, 0.1) is 0 Å². The monoisotopic (exact) mass is 381 g/mol. The van der Waals surface area contributed by atoms with E-state index < -0.39 is 0 Å². The lowest BCUT2D eigenvalue weighted by atomic mass is 9.95. The summed E-state index contributed by atoms with van der Waals surface area (Å²) in [5.41, 5.74) is 2.18. The van der Waals surface area contributed by atoms with Gasteiger partial charge in [-0.3, -0.25) is 4.79 Å². The standard InChI is InChI=1S/C19H19N5O2S/c25-19(14-11-27-15-5-2-1-4-13(14)15)24-9-6-12(10-24)18-22-17(23-26-18)16-20-7-3-8-21-16/h3,7-8,11-12H,1-2,4-6,9-10H2. The van der Waals surface area contributed by atoms with Gasteiger partial charge in [0.05, 0.1) is 11.5 Å². The van der Waals surface area contributed by atoms with Crippen molar-refractivity contribution < 1.29 is 9.32 Å². The average Bonchev–Trinajstić information content (AvgIpc) is 3.46. The van der Waals surface area contributed by atoms with Crippen LogP contribution in [0.2, 0.25) is 0 Å². The normalized spacial score (nSPS) is 19.3. The number of carbonyl (C=O) groups excluding carboxylic acids is 1. The predicted molar refractivity (Wildman–Crippen MR) is 99.5 cm³/mol. The number of nitrogens with zero attached hydrogens (tertiary/aromatic N) is 5. The van der Waals surface area contributed by atoms with Gasteiger partial charge in [-0.05, 0) is 43.7 Å². The van der Waals surface area contributed by atoms with Crippen molar-refractivity contribution in [3.8, 4) is 11.6 Å². The van der Waals surface area contributed by atoms with Gasteiger partial charge in [0, 0.05) is 35.7 Å². The molecule has 1 saturated heterocycles. The second kappa shape index (κ2) is 6.84. The van der Waals surface area contributed by atoms with Crippen LogP contribution in [-0.2, 0) is 12.8 Å². The molecule has 7 nitrogen and oxygen atoms in total. The van der Waals surface area contributed by atoms with Crippen LogP contribution in [-0.4, -0.2) is 44.0 Å². The Balaban J connectivity index is 1.31. The number of hydrogen-bond acceptors (Lipinski definition) is 7. The highest BCUT2D eigenvalue weighted by Crippen LogP contribution is 2.33. The maximum absolute atomic E-state index is 13.0. The fourth-order valence-electron chi connectivity index (χ4n) is 3.90. The molecular weight excluding hydrogens is 362 g/mol. The third-order valence-electron chi connectivity index (χ3n) is 5.32. The molecular formula is C19H19N5O2S. The number of aryl methyl sites for hydroxylation is 1. The van der Waals surface area contributed by atoms with E-state index in [0.717, 1.165) is 24.8 Å². The maximum Gasteiger partial charge on any atom is 0.255 e. The summed E-state index contributed by atoms with van der Waals surface area (Å²) < 4.78 is 5.44. The minimum absolute atomic E-state index is 0.0633. The van der Waals surface area contributed by atoms with Crippen LogP contribution >= 0.6 is 11.3 Å². The van der Waals surface area contributed by atoms with Gasteiger partial charge in [0.2, 0.25) is 17.5 Å². The summed E-state index contributed by atoms with van der Waals surface area (Å²) in [4.78, 5) is 29.1. The Hall–Kier alpha value is -2.61. The second-order valence-electron chi connectivity index (χ2n) is 7.02. The molecule has 1 aliphatic heterocycles. The van der Waals surface area contributed by atoms with E-state index in [9.17, 15) is 4.79 Å². The molecule has 0 spiro atoms. The Morgan fingerprint density at radius 2 is 2.04 bits per heavy atom. The SMILES string of the molecule is O=C(c1csc2c1CCCC2)N1CCC(c2nc(-c3ncccn3)no2)C1. The van der Waals surface area contributed by atoms with E-state index in [-0.39, 0.29) is 11.8 Å². The first-order valence-electron chi connectivity index (χ1n) is 9.29. The lowest BCUT2D eigenvalue weighted by Crippen LogP contribution is -2.29. The molecule has 8 heteroatoms. The number of aromatic nitrogens is 4. The number of hydrogen-bond donors (Lipinski definition) is 0. The predicted octanol–water partition coefficient (Wildman–Crippen LogP) is 3.10. The topological polar surface area (TPSA) is 85.0 Å². The molecule has 27 heavy (non-hydrogen) atoms.